The lowest BCUT2D eigenvalue weighted by atomic mass is 9.84. The predicted molar refractivity (Wildman–Crippen MR) is 109 cm³/mol. The number of β-amino-alcohol motifs (C(OH)–C–C–N with tert-alkyl or cyclic N) is 1. The number of hydrogen-bond donors (Lipinski definition) is 1. The molecule has 2 aromatic carbocycles. The van der Waals surface area contributed by atoms with Crippen LogP contribution >= 0.6 is 0 Å². The molecule has 0 amide bonds. The molecule has 0 saturated heterocycles. The molecular formula is C24H31NO2. The topological polar surface area (TPSA) is 32.7 Å². The van der Waals surface area contributed by atoms with E-state index in [4.69, 9.17) is 4.74 Å². The van der Waals surface area contributed by atoms with Crippen molar-refractivity contribution in [2.75, 3.05) is 19.7 Å². The van der Waals surface area contributed by atoms with Gasteiger partial charge in [-0.25, -0.2) is 0 Å². The molecule has 3 nitrogen and oxygen atoms in total. The number of fused-ring (bicyclic) bond motifs is 1. The number of aliphatic hydroxyl groups is 1. The van der Waals surface area contributed by atoms with E-state index in [0.717, 1.165) is 25.3 Å². The predicted octanol–water partition coefficient (Wildman–Crippen LogP) is 4.53. The minimum atomic E-state index is -0.464. The number of nitrogens with zero attached hydrogens (tertiary/aromatic N) is 1. The first-order chi connectivity index (χ1) is 13.3. The van der Waals surface area contributed by atoms with Crippen LogP contribution in [0, 0.1) is 0 Å². The van der Waals surface area contributed by atoms with Crippen LogP contribution in [-0.4, -0.2) is 35.8 Å². The maximum atomic E-state index is 10.5. The van der Waals surface area contributed by atoms with Gasteiger partial charge in [0.1, 0.15) is 18.5 Å². The fraction of sp³-hybridized carbons (Fsp3) is 0.500. The Morgan fingerprint density at radius 2 is 1.81 bits per heavy atom. The van der Waals surface area contributed by atoms with Crippen LogP contribution in [0.3, 0.4) is 0 Å². The Balaban J connectivity index is 1.27. The Kier molecular flexibility index (Phi) is 6.10. The highest BCUT2D eigenvalue weighted by Crippen LogP contribution is 2.33. The second kappa shape index (κ2) is 8.90. The minimum Gasteiger partial charge on any atom is -0.491 e. The van der Waals surface area contributed by atoms with Crippen molar-refractivity contribution in [3.63, 3.8) is 0 Å². The number of aliphatic hydroxyl groups excluding tert-OH is 1. The average Bonchev–Trinajstić information content (AvgIpc) is 2.73. The van der Waals surface area contributed by atoms with Crippen LogP contribution in [0.2, 0.25) is 0 Å². The van der Waals surface area contributed by atoms with Gasteiger partial charge in [-0.2, -0.15) is 0 Å². The van der Waals surface area contributed by atoms with E-state index in [1.54, 1.807) is 0 Å². The summed E-state index contributed by atoms with van der Waals surface area (Å²) >= 11 is 0. The van der Waals surface area contributed by atoms with E-state index in [-0.39, 0.29) is 0 Å². The lowest BCUT2D eigenvalue weighted by Gasteiger charge is -2.30. The van der Waals surface area contributed by atoms with Gasteiger partial charge in [0.2, 0.25) is 0 Å². The molecule has 0 bridgehead atoms. The molecule has 1 heterocycles. The van der Waals surface area contributed by atoms with Gasteiger partial charge in [0, 0.05) is 19.6 Å². The molecule has 1 aliphatic heterocycles. The van der Waals surface area contributed by atoms with Crippen molar-refractivity contribution in [3.8, 4) is 5.75 Å². The summed E-state index contributed by atoms with van der Waals surface area (Å²) in [5.41, 5.74) is 4.23. The van der Waals surface area contributed by atoms with Gasteiger partial charge in [-0.05, 0) is 54.0 Å². The lowest BCUT2D eigenvalue weighted by Crippen LogP contribution is -2.38. The van der Waals surface area contributed by atoms with Gasteiger partial charge in [-0.3, -0.25) is 4.90 Å². The lowest BCUT2D eigenvalue weighted by molar-refractivity contribution is 0.0637. The first kappa shape index (κ1) is 18.5. The third-order valence-electron chi connectivity index (χ3n) is 6.06. The normalized spacial score (nSPS) is 19.4. The summed E-state index contributed by atoms with van der Waals surface area (Å²) in [4.78, 5) is 2.33. The number of ether oxygens (including phenoxy) is 1. The highest BCUT2D eigenvalue weighted by Gasteiger charge is 2.19. The number of rotatable bonds is 6. The van der Waals surface area contributed by atoms with Crippen molar-refractivity contribution in [3.05, 3.63) is 65.2 Å². The van der Waals surface area contributed by atoms with Crippen LogP contribution in [0.25, 0.3) is 0 Å². The van der Waals surface area contributed by atoms with Gasteiger partial charge in [0.15, 0.2) is 0 Å². The first-order valence-electron chi connectivity index (χ1n) is 10.5. The third-order valence-corrected chi connectivity index (χ3v) is 6.06. The van der Waals surface area contributed by atoms with Gasteiger partial charge in [-0.15, -0.1) is 0 Å². The zero-order valence-corrected chi connectivity index (χ0v) is 16.1. The van der Waals surface area contributed by atoms with Crippen molar-refractivity contribution in [1.82, 2.24) is 4.90 Å². The van der Waals surface area contributed by atoms with Gasteiger partial charge in [-0.1, -0.05) is 55.7 Å². The van der Waals surface area contributed by atoms with E-state index in [2.05, 4.69) is 47.4 Å². The van der Waals surface area contributed by atoms with E-state index in [1.807, 2.05) is 6.07 Å². The van der Waals surface area contributed by atoms with Gasteiger partial charge in [0.25, 0.3) is 0 Å². The van der Waals surface area contributed by atoms with Crippen molar-refractivity contribution < 1.29 is 9.84 Å². The summed E-state index contributed by atoms with van der Waals surface area (Å²) in [5, 5.41) is 10.5. The van der Waals surface area contributed by atoms with Crippen LogP contribution in [-0.2, 0) is 13.0 Å². The summed E-state index contributed by atoms with van der Waals surface area (Å²) < 4.78 is 5.93. The summed E-state index contributed by atoms with van der Waals surface area (Å²) in [7, 11) is 0. The van der Waals surface area contributed by atoms with Crippen molar-refractivity contribution in [1.29, 1.82) is 0 Å². The van der Waals surface area contributed by atoms with Crippen LogP contribution in [0.1, 0.15) is 54.7 Å². The Morgan fingerprint density at radius 1 is 1.00 bits per heavy atom. The van der Waals surface area contributed by atoms with Crippen LogP contribution in [0.5, 0.6) is 5.75 Å². The largest absolute Gasteiger partial charge is 0.491 e. The molecule has 0 spiro atoms. The molecule has 1 atom stereocenters. The smallest absolute Gasteiger partial charge is 0.119 e. The Labute approximate surface area is 163 Å². The molecule has 1 fully saturated rings. The van der Waals surface area contributed by atoms with Gasteiger partial charge < -0.3 is 9.84 Å². The van der Waals surface area contributed by atoms with Crippen LogP contribution < -0.4 is 4.74 Å². The molecule has 1 saturated carbocycles. The van der Waals surface area contributed by atoms with Gasteiger partial charge in [0.05, 0.1) is 0 Å². The molecule has 0 aromatic heterocycles. The molecule has 1 aliphatic carbocycles. The molecular weight excluding hydrogens is 334 g/mol. The van der Waals surface area contributed by atoms with E-state index < -0.39 is 6.10 Å². The van der Waals surface area contributed by atoms with Crippen molar-refractivity contribution >= 4 is 0 Å². The Hall–Kier alpha value is -1.84. The zero-order chi connectivity index (χ0) is 18.5. The summed E-state index contributed by atoms with van der Waals surface area (Å²) in [6.07, 6.45) is 7.24. The fourth-order valence-electron chi connectivity index (χ4n) is 4.55. The Morgan fingerprint density at radius 3 is 2.67 bits per heavy atom. The third kappa shape index (κ3) is 4.91. The molecule has 27 heavy (non-hydrogen) atoms. The minimum absolute atomic E-state index is 0.353. The van der Waals surface area contributed by atoms with Crippen LogP contribution in [0.15, 0.2) is 48.5 Å². The summed E-state index contributed by atoms with van der Waals surface area (Å²) in [5.74, 6) is 1.57. The maximum absolute atomic E-state index is 10.5. The molecule has 1 unspecified atom stereocenters. The zero-order valence-electron chi connectivity index (χ0n) is 16.1. The molecule has 2 aliphatic rings. The highest BCUT2D eigenvalue weighted by molar-refractivity contribution is 5.31. The van der Waals surface area contributed by atoms with E-state index in [1.165, 1.54) is 48.8 Å². The number of hydrogen-bond acceptors (Lipinski definition) is 3. The van der Waals surface area contributed by atoms with E-state index in [0.29, 0.717) is 19.1 Å². The van der Waals surface area contributed by atoms with Crippen LogP contribution in [0.4, 0.5) is 0 Å². The quantitative estimate of drug-likeness (QED) is 0.816. The first-order valence-corrected chi connectivity index (χ1v) is 10.5. The molecule has 3 heteroatoms. The van der Waals surface area contributed by atoms with Gasteiger partial charge >= 0.3 is 0 Å². The fourth-order valence-corrected chi connectivity index (χ4v) is 4.55. The highest BCUT2D eigenvalue weighted by atomic mass is 16.5. The summed E-state index contributed by atoms with van der Waals surface area (Å²) in [6, 6.07) is 17.1. The average molecular weight is 366 g/mol. The Bertz CT molecular complexity index is 739. The number of benzene rings is 2. The van der Waals surface area contributed by atoms with Crippen molar-refractivity contribution in [2.45, 2.75) is 57.1 Å². The second-order valence-electron chi connectivity index (χ2n) is 8.13. The second-order valence-corrected chi connectivity index (χ2v) is 8.13. The standard InChI is InChI=1S/C24H31NO2/c26-23(17-25-14-13-20-9-4-5-10-22(20)16-25)18-27-24-12-6-11-21(15-24)19-7-2-1-3-8-19/h4-6,9-12,15,19,23,26H,1-3,7-8,13-14,16-18H2. The SMILES string of the molecule is OC(COc1cccc(C2CCCCC2)c1)CN1CCc2ccccc2C1. The summed E-state index contributed by atoms with van der Waals surface area (Å²) in [6.45, 7) is 2.94. The maximum Gasteiger partial charge on any atom is 0.119 e. The molecule has 0 radical (unpaired) electrons. The molecule has 2 aromatic rings. The van der Waals surface area contributed by atoms with E-state index >= 15 is 0 Å². The van der Waals surface area contributed by atoms with Crippen molar-refractivity contribution in [2.24, 2.45) is 0 Å². The molecule has 1 N–H and O–H groups in total. The molecule has 144 valence electrons. The monoisotopic (exact) mass is 365 g/mol. The molecule has 4 rings (SSSR count). The van der Waals surface area contributed by atoms with E-state index in [9.17, 15) is 5.11 Å².